The third kappa shape index (κ3) is 4.37. The first-order valence-electron chi connectivity index (χ1n) is 12.2. The summed E-state index contributed by atoms with van der Waals surface area (Å²) in [6, 6.07) is 14.6. The SMILES string of the molecule is Cc1ccc(S(=O)(=O)n2cc(-c3nccc(C4CC4)n3)c3cc(-c4nnc(NC(C)C)o4)ccc32)cc1. The van der Waals surface area contributed by atoms with Gasteiger partial charge in [-0.1, -0.05) is 22.8 Å². The summed E-state index contributed by atoms with van der Waals surface area (Å²) in [4.78, 5) is 9.51. The molecule has 9 nitrogen and oxygen atoms in total. The highest BCUT2D eigenvalue weighted by Gasteiger charge is 2.27. The molecule has 1 aliphatic carbocycles. The molecule has 0 bridgehead atoms. The van der Waals surface area contributed by atoms with Gasteiger partial charge in [-0.15, -0.1) is 5.10 Å². The maximum Gasteiger partial charge on any atom is 0.315 e. The van der Waals surface area contributed by atoms with Gasteiger partial charge in [0.15, 0.2) is 5.82 Å². The van der Waals surface area contributed by atoms with Crippen LogP contribution in [-0.4, -0.2) is 38.6 Å². The third-order valence-corrected chi connectivity index (χ3v) is 8.03. The number of nitrogens with one attached hydrogen (secondary N) is 1. The van der Waals surface area contributed by atoms with Crippen LogP contribution in [0.5, 0.6) is 0 Å². The highest BCUT2D eigenvalue weighted by Crippen LogP contribution is 2.40. The number of nitrogens with zero attached hydrogens (tertiary/aromatic N) is 5. The number of aryl methyl sites for hydroxylation is 1. The van der Waals surface area contributed by atoms with Crippen LogP contribution >= 0.6 is 0 Å². The Morgan fingerprint density at radius 1 is 1.05 bits per heavy atom. The van der Waals surface area contributed by atoms with Crippen LogP contribution in [0.15, 0.2) is 70.2 Å². The Labute approximate surface area is 214 Å². The lowest BCUT2D eigenvalue weighted by molar-refractivity contribution is 0.574. The predicted octanol–water partition coefficient (Wildman–Crippen LogP) is 5.39. The van der Waals surface area contributed by atoms with Crippen molar-refractivity contribution in [2.24, 2.45) is 0 Å². The summed E-state index contributed by atoms with van der Waals surface area (Å²) < 4.78 is 34.5. The zero-order chi connectivity index (χ0) is 25.7. The van der Waals surface area contributed by atoms with Gasteiger partial charge in [0.25, 0.3) is 10.0 Å². The van der Waals surface area contributed by atoms with Crippen LogP contribution in [0, 0.1) is 6.92 Å². The average Bonchev–Trinajstić information content (AvgIpc) is 3.51. The molecule has 2 aromatic carbocycles. The van der Waals surface area contributed by atoms with E-state index in [4.69, 9.17) is 9.40 Å². The van der Waals surface area contributed by atoms with E-state index in [-0.39, 0.29) is 10.9 Å². The van der Waals surface area contributed by atoms with Gasteiger partial charge in [-0.25, -0.2) is 22.4 Å². The summed E-state index contributed by atoms with van der Waals surface area (Å²) in [5, 5.41) is 12.0. The largest absolute Gasteiger partial charge is 0.403 e. The van der Waals surface area contributed by atoms with Gasteiger partial charge in [0, 0.05) is 46.6 Å². The van der Waals surface area contributed by atoms with Gasteiger partial charge in [0.2, 0.25) is 5.89 Å². The lowest BCUT2D eigenvalue weighted by atomic mass is 10.1. The number of rotatable bonds is 7. The molecule has 37 heavy (non-hydrogen) atoms. The maximum absolute atomic E-state index is 13.7. The van der Waals surface area contributed by atoms with E-state index in [1.165, 1.54) is 3.97 Å². The fraction of sp³-hybridized carbons (Fsp3) is 0.259. The van der Waals surface area contributed by atoms with E-state index in [0.717, 1.165) is 24.1 Å². The standard InChI is InChI=1S/C27H26N6O3S/c1-16(2)29-27-32-31-26(36-27)19-8-11-24-21(14-19)22(25-28-13-12-23(30-25)18-6-7-18)15-33(24)37(34,35)20-9-4-17(3)5-10-20/h4-5,8-16,18H,6-7H2,1-3H3,(H,29,32). The number of aromatic nitrogens is 5. The second-order valence-electron chi connectivity index (χ2n) is 9.68. The molecule has 6 rings (SSSR count). The Hall–Kier alpha value is -4.05. The van der Waals surface area contributed by atoms with Crippen molar-refractivity contribution in [3.05, 3.63) is 72.2 Å². The van der Waals surface area contributed by atoms with E-state index in [0.29, 0.717) is 45.7 Å². The smallest absolute Gasteiger partial charge is 0.315 e. The molecule has 0 aliphatic heterocycles. The number of anilines is 1. The van der Waals surface area contributed by atoms with Gasteiger partial charge >= 0.3 is 6.01 Å². The fourth-order valence-electron chi connectivity index (χ4n) is 4.29. The summed E-state index contributed by atoms with van der Waals surface area (Å²) >= 11 is 0. The zero-order valence-corrected chi connectivity index (χ0v) is 21.5. The number of hydrogen-bond acceptors (Lipinski definition) is 8. The first kappa shape index (κ1) is 23.4. The normalized spacial score (nSPS) is 13.9. The quantitative estimate of drug-likeness (QED) is 0.307. The maximum atomic E-state index is 13.7. The van der Waals surface area contributed by atoms with E-state index >= 15 is 0 Å². The minimum atomic E-state index is -3.87. The monoisotopic (exact) mass is 514 g/mol. The minimum Gasteiger partial charge on any atom is -0.403 e. The van der Waals surface area contributed by atoms with Gasteiger partial charge in [0.1, 0.15) is 0 Å². The Morgan fingerprint density at radius 3 is 2.57 bits per heavy atom. The van der Waals surface area contributed by atoms with Crippen LogP contribution in [0.1, 0.15) is 43.9 Å². The van der Waals surface area contributed by atoms with E-state index in [1.807, 2.05) is 32.9 Å². The molecule has 0 unspecified atom stereocenters. The molecule has 0 radical (unpaired) electrons. The van der Waals surface area contributed by atoms with Crippen LogP contribution in [0.25, 0.3) is 33.7 Å². The third-order valence-electron chi connectivity index (χ3n) is 6.35. The molecule has 1 N–H and O–H groups in total. The molecule has 0 atom stereocenters. The summed E-state index contributed by atoms with van der Waals surface area (Å²) in [6.45, 7) is 5.88. The Kier molecular flexibility index (Phi) is 5.56. The highest BCUT2D eigenvalue weighted by atomic mass is 32.2. The van der Waals surface area contributed by atoms with Gasteiger partial charge in [-0.3, -0.25) is 0 Å². The van der Waals surface area contributed by atoms with Crippen LogP contribution < -0.4 is 5.32 Å². The van der Waals surface area contributed by atoms with Gasteiger partial charge in [-0.05, 0) is 70.0 Å². The molecule has 5 aromatic rings. The van der Waals surface area contributed by atoms with E-state index in [9.17, 15) is 8.42 Å². The summed E-state index contributed by atoms with van der Waals surface area (Å²) in [7, 11) is -3.87. The lowest BCUT2D eigenvalue weighted by Crippen LogP contribution is -2.11. The average molecular weight is 515 g/mol. The lowest BCUT2D eigenvalue weighted by Gasteiger charge is -2.08. The predicted molar refractivity (Wildman–Crippen MR) is 141 cm³/mol. The van der Waals surface area contributed by atoms with Crippen molar-refractivity contribution in [2.75, 3.05) is 5.32 Å². The minimum absolute atomic E-state index is 0.138. The summed E-state index contributed by atoms with van der Waals surface area (Å²) in [5.74, 6) is 1.25. The van der Waals surface area contributed by atoms with Crippen molar-refractivity contribution in [3.8, 4) is 22.8 Å². The van der Waals surface area contributed by atoms with Crippen molar-refractivity contribution in [1.29, 1.82) is 0 Å². The molecule has 1 fully saturated rings. The molecule has 1 saturated carbocycles. The second-order valence-corrected chi connectivity index (χ2v) is 11.5. The Morgan fingerprint density at radius 2 is 1.84 bits per heavy atom. The zero-order valence-electron chi connectivity index (χ0n) is 20.7. The molecule has 3 aromatic heterocycles. The van der Waals surface area contributed by atoms with Crippen molar-refractivity contribution < 1.29 is 12.8 Å². The molecule has 0 spiro atoms. The molecule has 188 valence electrons. The molecular formula is C27H26N6O3S. The van der Waals surface area contributed by atoms with Crippen molar-refractivity contribution in [1.82, 2.24) is 24.1 Å². The van der Waals surface area contributed by atoms with Gasteiger partial charge < -0.3 is 9.73 Å². The highest BCUT2D eigenvalue weighted by molar-refractivity contribution is 7.90. The first-order chi connectivity index (χ1) is 17.8. The Balaban J connectivity index is 1.53. The molecular weight excluding hydrogens is 488 g/mol. The number of hydrogen-bond donors (Lipinski definition) is 1. The second kappa shape index (κ2) is 8.81. The molecule has 1 aliphatic rings. The number of fused-ring (bicyclic) bond motifs is 1. The van der Waals surface area contributed by atoms with Crippen LogP contribution in [0.4, 0.5) is 6.01 Å². The fourth-order valence-corrected chi connectivity index (χ4v) is 5.66. The van der Waals surface area contributed by atoms with Gasteiger partial charge in [-0.2, -0.15) is 0 Å². The van der Waals surface area contributed by atoms with E-state index in [1.54, 1.807) is 48.8 Å². The summed E-state index contributed by atoms with van der Waals surface area (Å²) in [5.41, 5.74) is 3.76. The van der Waals surface area contributed by atoms with Crippen LogP contribution in [0.3, 0.4) is 0 Å². The van der Waals surface area contributed by atoms with E-state index < -0.39 is 10.0 Å². The van der Waals surface area contributed by atoms with Crippen molar-refractivity contribution >= 4 is 26.9 Å². The topological polar surface area (TPSA) is 116 Å². The van der Waals surface area contributed by atoms with Crippen molar-refractivity contribution in [2.45, 2.75) is 50.5 Å². The number of benzene rings is 2. The molecule has 10 heteroatoms. The van der Waals surface area contributed by atoms with Crippen molar-refractivity contribution in [3.63, 3.8) is 0 Å². The van der Waals surface area contributed by atoms with Crippen LogP contribution in [-0.2, 0) is 10.0 Å². The van der Waals surface area contributed by atoms with Gasteiger partial charge in [0.05, 0.1) is 10.4 Å². The van der Waals surface area contributed by atoms with E-state index in [2.05, 4.69) is 20.5 Å². The molecule has 0 amide bonds. The Bertz CT molecular complexity index is 1720. The summed E-state index contributed by atoms with van der Waals surface area (Å²) in [6.07, 6.45) is 5.55. The van der Waals surface area contributed by atoms with Crippen LogP contribution in [0.2, 0.25) is 0 Å². The first-order valence-corrected chi connectivity index (χ1v) is 13.6. The molecule has 0 saturated heterocycles. The molecule has 3 heterocycles.